The molecule has 0 amide bonds. The Labute approximate surface area is 341 Å². The van der Waals surface area contributed by atoms with Gasteiger partial charge < -0.3 is 13.7 Å². The quantitative estimate of drug-likeness (QED) is 0.155. The molecule has 0 saturated heterocycles. The molecular formula is C55H36N2O2. The van der Waals surface area contributed by atoms with Crippen molar-refractivity contribution in [2.24, 2.45) is 0 Å². The highest BCUT2D eigenvalue weighted by Gasteiger charge is 2.18. The first kappa shape index (κ1) is 34.3. The van der Waals surface area contributed by atoms with Gasteiger partial charge in [0.2, 0.25) is 5.89 Å². The number of hydrogen-bond donors (Lipinski definition) is 0. The van der Waals surface area contributed by atoms with Gasteiger partial charge in [-0.3, -0.25) is 0 Å². The molecule has 4 heteroatoms. The predicted molar refractivity (Wildman–Crippen MR) is 243 cm³/mol. The molecule has 0 aliphatic heterocycles. The van der Waals surface area contributed by atoms with Gasteiger partial charge in [0.25, 0.3) is 0 Å². The van der Waals surface area contributed by atoms with Gasteiger partial charge in [-0.2, -0.15) is 0 Å². The van der Waals surface area contributed by atoms with Crippen LogP contribution < -0.4 is 4.90 Å². The van der Waals surface area contributed by atoms with Crippen molar-refractivity contribution < 1.29 is 8.83 Å². The summed E-state index contributed by atoms with van der Waals surface area (Å²) in [5.74, 6) is 0.602. The zero-order valence-electron chi connectivity index (χ0n) is 32.0. The van der Waals surface area contributed by atoms with Crippen LogP contribution >= 0.6 is 0 Å². The lowest BCUT2D eigenvalue weighted by atomic mass is 9.99. The molecule has 11 aromatic rings. The summed E-state index contributed by atoms with van der Waals surface area (Å²) in [6.45, 7) is 0. The van der Waals surface area contributed by atoms with Crippen LogP contribution in [-0.2, 0) is 0 Å². The van der Waals surface area contributed by atoms with Gasteiger partial charge >= 0.3 is 0 Å². The second-order valence-corrected chi connectivity index (χ2v) is 14.8. The molecule has 0 spiro atoms. The molecule has 59 heavy (non-hydrogen) atoms. The maximum atomic E-state index is 6.43. The van der Waals surface area contributed by atoms with E-state index in [1.54, 1.807) is 0 Å². The van der Waals surface area contributed by atoms with Crippen LogP contribution in [0.4, 0.5) is 17.1 Å². The minimum absolute atomic E-state index is 0.602. The molecule has 0 aliphatic rings. The minimum Gasteiger partial charge on any atom is -0.456 e. The Balaban J connectivity index is 0.937. The molecule has 0 unspecified atom stereocenters. The zero-order valence-corrected chi connectivity index (χ0v) is 32.0. The number of aromatic nitrogens is 1. The van der Waals surface area contributed by atoms with Crippen molar-refractivity contribution in [1.29, 1.82) is 0 Å². The Morgan fingerprint density at radius 3 is 1.41 bits per heavy atom. The summed E-state index contributed by atoms with van der Waals surface area (Å²) < 4.78 is 12.8. The third-order valence-corrected chi connectivity index (χ3v) is 11.1. The van der Waals surface area contributed by atoms with E-state index in [1.807, 2.05) is 42.5 Å². The van der Waals surface area contributed by atoms with Gasteiger partial charge in [0.1, 0.15) is 16.7 Å². The van der Waals surface area contributed by atoms with E-state index in [4.69, 9.17) is 13.8 Å². The monoisotopic (exact) mass is 756 g/mol. The fraction of sp³-hybridized carbons (Fsp3) is 0. The molecule has 9 aromatic carbocycles. The summed E-state index contributed by atoms with van der Waals surface area (Å²) in [6, 6.07) is 76.6. The van der Waals surface area contributed by atoms with Gasteiger partial charge in [0, 0.05) is 28.0 Å². The highest BCUT2D eigenvalue weighted by Crippen LogP contribution is 2.41. The van der Waals surface area contributed by atoms with E-state index in [0.717, 1.165) is 72.4 Å². The standard InChI is InChI=1S/C55H36N2O2/c1-4-11-37(12-5-1)39-19-21-40(22-20-39)41-23-28-46(29-24-41)57(48-18-10-17-44(35-48)38-13-6-2-7-14-38)47-30-25-42(26-31-47)45-27-32-49-52(36-45)58-51-34-33-50-54(53(49)51)59-55(56-50)43-15-8-3-9-16-43/h1-36H. The number of benzene rings is 9. The topological polar surface area (TPSA) is 42.4 Å². The van der Waals surface area contributed by atoms with E-state index in [9.17, 15) is 0 Å². The molecule has 4 nitrogen and oxygen atoms in total. The van der Waals surface area contributed by atoms with Crippen molar-refractivity contribution in [1.82, 2.24) is 4.98 Å². The number of hydrogen-bond acceptors (Lipinski definition) is 4. The molecule has 0 aliphatic carbocycles. The maximum absolute atomic E-state index is 6.43. The van der Waals surface area contributed by atoms with E-state index >= 15 is 0 Å². The van der Waals surface area contributed by atoms with E-state index in [-0.39, 0.29) is 0 Å². The van der Waals surface area contributed by atoms with Gasteiger partial charge in [-0.05, 0) is 117 Å². The van der Waals surface area contributed by atoms with Crippen LogP contribution in [0.3, 0.4) is 0 Å². The third-order valence-electron chi connectivity index (χ3n) is 11.1. The first-order valence-electron chi connectivity index (χ1n) is 19.9. The fourth-order valence-electron chi connectivity index (χ4n) is 8.12. The highest BCUT2D eigenvalue weighted by molar-refractivity contribution is 6.16. The first-order chi connectivity index (χ1) is 29.2. The van der Waals surface area contributed by atoms with E-state index in [1.165, 1.54) is 27.8 Å². The molecule has 0 N–H and O–H groups in total. The van der Waals surface area contributed by atoms with E-state index in [2.05, 4.69) is 181 Å². The number of rotatable bonds is 8. The Morgan fingerprint density at radius 2 is 0.797 bits per heavy atom. The SMILES string of the molecule is c1ccc(-c2ccc(-c3ccc(N(c4ccc(-c5ccc6c(c5)oc5ccc7nc(-c8ccccc8)oc7c56)cc4)c4cccc(-c5ccccc5)c4)cc3)cc2)cc1. The number of anilines is 3. The summed E-state index contributed by atoms with van der Waals surface area (Å²) in [7, 11) is 0. The second kappa shape index (κ2) is 14.5. The highest BCUT2D eigenvalue weighted by atomic mass is 16.4. The van der Waals surface area contributed by atoms with Crippen LogP contribution in [0, 0.1) is 0 Å². The van der Waals surface area contributed by atoms with Gasteiger partial charge in [-0.15, -0.1) is 0 Å². The third kappa shape index (κ3) is 6.43. The number of fused-ring (bicyclic) bond motifs is 5. The van der Waals surface area contributed by atoms with Crippen molar-refractivity contribution >= 4 is 50.1 Å². The van der Waals surface area contributed by atoms with Crippen LogP contribution in [0.5, 0.6) is 0 Å². The summed E-state index contributed by atoms with van der Waals surface area (Å²) in [6.07, 6.45) is 0. The van der Waals surface area contributed by atoms with Crippen molar-refractivity contribution in [2.45, 2.75) is 0 Å². The van der Waals surface area contributed by atoms with Gasteiger partial charge in [0.05, 0.1) is 5.39 Å². The van der Waals surface area contributed by atoms with Gasteiger partial charge in [0.15, 0.2) is 5.58 Å². The van der Waals surface area contributed by atoms with Crippen molar-refractivity contribution in [3.8, 4) is 56.0 Å². The molecule has 278 valence electrons. The summed E-state index contributed by atoms with van der Waals surface area (Å²) >= 11 is 0. The van der Waals surface area contributed by atoms with Gasteiger partial charge in [-0.1, -0.05) is 146 Å². The molecule has 0 radical (unpaired) electrons. The van der Waals surface area contributed by atoms with Crippen LogP contribution in [0.1, 0.15) is 0 Å². The van der Waals surface area contributed by atoms with E-state index < -0.39 is 0 Å². The lowest BCUT2D eigenvalue weighted by Gasteiger charge is -2.26. The molecule has 0 bridgehead atoms. The molecule has 0 atom stereocenters. The lowest BCUT2D eigenvalue weighted by molar-refractivity contribution is 0.622. The fourth-order valence-corrected chi connectivity index (χ4v) is 8.12. The van der Waals surface area contributed by atoms with Crippen LogP contribution in [0.15, 0.2) is 227 Å². The summed E-state index contributed by atoms with van der Waals surface area (Å²) in [5, 5.41) is 1.94. The molecule has 2 heterocycles. The normalized spacial score (nSPS) is 11.4. The molecular weight excluding hydrogens is 721 g/mol. The summed E-state index contributed by atoms with van der Waals surface area (Å²) in [5.41, 5.74) is 16.6. The van der Waals surface area contributed by atoms with Crippen molar-refractivity contribution in [2.75, 3.05) is 4.90 Å². The van der Waals surface area contributed by atoms with Gasteiger partial charge in [-0.25, -0.2) is 4.98 Å². The number of furan rings is 1. The molecule has 11 rings (SSSR count). The van der Waals surface area contributed by atoms with Crippen LogP contribution in [0.25, 0.3) is 89.0 Å². The number of nitrogens with zero attached hydrogens (tertiary/aromatic N) is 2. The Kier molecular flexibility index (Phi) is 8.45. The molecule has 2 aromatic heterocycles. The second-order valence-electron chi connectivity index (χ2n) is 14.8. The summed E-state index contributed by atoms with van der Waals surface area (Å²) in [4.78, 5) is 7.12. The molecule has 0 saturated carbocycles. The number of oxazole rings is 1. The largest absolute Gasteiger partial charge is 0.456 e. The van der Waals surface area contributed by atoms with Crippen LogP contribution in [-0.4, -0.2) is 4.98 Å². The molecule has 0 fully saturated rings. The smallest absolute Gasteiger partial charge is 0.227 e. The van der Waals surface area contributed by atoms with Crippen molar-refractivity contribution in [3.63, 3.8) is 0 Å². The van der Waals surface area contributed by atoms with Crippen molar-refractivity contribution in [3.05, 3.63) is 218 Å². The lowest BCUT2D eigenvalue weighted by Crippen LogP contribution is -2.10. The average molecular weight is 757 g/mol. The minimum atomic E-state index is 0.602. The Morgan fingerprint density at radius 1 is 0.322 bits per heavy atom. The predicted octanol–water partition coefficient (Wildman–Crippen LogP) is 15.5. The zero-order chi connectivity index (χ0) is 39.1. The average Bonchev–Trinajstić information content (AvgIpc) is 3.92. The first-order valence-corrected chi connectivity index (χ1v) is 19.9. The van der Waals surface area contributed by atoms with E-state index in [0.29, 0.717) is 5.89 Å². The van der Waals surface area contributed by atoms with Crippen LogP contribution in [0.2, 0.25) is 0 Å². The maximum Gasteiger partial charge on any atom is 0.227 e. The Bertz CT molecular complexity index is 3220. The Hall–Kier alpha value is -7.95.